The number of nitro groups is 1. The summed E-state index contributed by atoms with van der Waals surface area (Å²) in [5, 5.41) is 12.3. The van der Waals surface area contributed by atoms with Crippen molar-refractivity contribution in [3.63, 3.8) is 0 Å². The average Bonchev–Trinajstić information content (AvgIpc) is 3.01. The molecule has 1 heterocycles. The third-order valence-corrected chi connectivity index (χ3v) is 26.3. The molecule has 8 heteroatoms. The molecule has 0 atom stereocenters. The minimum absolute atomic E-state index is 0.141. The van der Waals surface area contributed by atoms with Crippen molar-refractivity contribution in [1.82, 2.24) is 9.55 Å². The van der Waals surface area contributed by atoms with Crippen molar-refractivity contribution in [3.05, 3.63) is 160 Å². The van der Waals surface area contributed by atoms with Gasteiger partial charge < -0.3 is 0 Å². The molecule has 1 aromatic heterocycles. The molecule has 0 aliphatic carbocycles. The van der Waals surface area contributed by atoms with Crippen molar-refractivity contribution in [1.29, 1.82) is 0 Å². The van der Waals surface area contributed by atoms with Gasteiger partial charge in [0.1, 0.15) is 0 Å². The van der Waals surface area contributed by atoms with Crippen LogP contribution in [0.3, 0.4) is 0 Å². The number of nitro benzene ring substituents is 1. The Morgan fingerprint density at radius 2 is 1.15 bits per heavy atom. The zero-order valence-corrected chi connectivity index (χ0v) is 24.9. The van der Waals surface area contributed by atoms with Crippen LogP contribution in [-0.4, -0.2) is 31.5 Å². The number of aromatic nitrogens is 2. The van der Waals surface area contributed by atoms with E-state index in [1.807, 2.05) is 48.5 Å². The van der Waals surface area contributed by atoms with Crippen molar-refractivity contribution < 1.29 is 4.92 Å². The Labute approximate surface area is 237 Å². The number of para-hydroxylation sites is 1. The van der Waals surface area contributed by atoms with Crippen LogP contribution in [0, 0.1) is 10.1 Å². The van der Waals surface area contributed by atoms with Gasteiger partial charge in [0.25, 0.3) is 0 Å². The fourth-order valence-electron chi connectivity index (χ4n) is 4.97. The molecule has 40 heavy (non-hydrogen) atoms. The Morgan fingerprint density at radius 3 is 1.62 bits per heavy atom. The quantitative estimate of drug-likeness (QED) is 0.105. The van der Waals surface area contributed by atoms with E-state index in [2.05, 4.69) is 72.8 Å². The van der Waals surface area contributed by atoms with Gasteiger partial charge in [0.15, 0.2) is 0 Å². The Kier molecular flexibility index (Phi) is 7.23. The van der Waals surface area contributed by atoms with Crippen molar-refractivity contribution >= 4 is 53.3 Å². The summed E-state index contributed by atoms with van der Waals surface area (Å²) in [7, 11) is 1.68. The second kappa shape index (κ2) is 11.1. The molecule has 0 radical (unpaired) electrons. The molecular weight excluding hydrogens is 625 g/mol. The Hall–Kier alpha value is -4.21. The van der Waals surface area contributed by atoms with Gasteiger partial charge in [-0.25, -0.2) is 0 Å². The standard InChI is InChI=1S/C14H9N3O3S.3C6H5.Sn/c18-13-11-8-10(17(19)20)6-7-12(11)15-14(21)16(13)9-4-2-1-3-5-9;3*1-2-4-6-5-3-1;/h1-8H,(H,15,21);3*1-5H;/q;;;;+1/p-1. The van der Waals surface area contributed by atoms with Crippen LogP contribution in [0.5, 0.6) is 0 Å². The normalized spacial score (nSPS) is 11.4. The minimum atomic E-state index is -3.96. The van der Waals surface area contributed by atoms with E-state index in [4.69, 9.17) is 4.98 Å². The van der Waals surface area contributed by atoms with Crippen molar-refractivity contribution in [2.24, 2.45) is 0 Å². The summed E-state index contributed by atoms with van der Waals surface area (Å²) in [6, 6.07) is 45.1. The molecule has 6 aromatic rings. The fourth-order valence-corrected chi connectivity index (χ4v) is 23.8. The summed E-state index contributed by atoms with van der Waals surface area (Å²) in [5.41, 5.74) is 0.611. The molecule has 0 saturated carbocycles. The molecule has 6 nitrogen and oxygen atoms in total. The van der Waals surface area contributed by atoms with E-state index in [-0.39, 0.29) is 16.6 Å². The molecule has 0 amide bonds. The molecule has 5 aromatic carbocycles. The number of rotatable bonds is 7. The first-order valence-electron chi connectivity index (χ1n) is 12.7. The molecule has 0 aliphatic heterocycles. The molecule has 0 unspecified atom stereocenters. The summed E-state index contributed by atoms with van der Waals surface area (Å²) >= 11 is -3.96. The van der Waals surface area contributed by atoms with E-state index in [0.29, 0.717) is 16.4 Å². The van der Waals surface area contributed by atoms with Crippen LogP contribution in [0.15, 0.2) is 149 Å². The van der Waals surface area contributed by atoms with E-state index >= 15 is 0 Å². The van der Waals surface area contributed by atoms with E-state index in [1.54, 1.807) is 19.6 Å². The van der Waals surface area contributed by atoms with Gasteiger partial charge in [-0.05, 0) is 0 Å². The molecule has 0 bridgehead atoms. The fraction of sp³-hybridized carbons (Fsp3) is 0. The van der Waals surface area contributed by atoms with Crippen LogP contribution in [0.25, 0.3) is 16.6 Å². The van der Waals surface area contributed by atoms with Crippen LogP contribution in [0.1, 0.15) is 0 Å². The number of fused-ring (bicyclic) bond motifs is 1. The van der Waals surface area contributed by atoms with Crippen molar-refractivity contribution in [3.8, 4) is 5.69 Å². The molecule has 194 valence electrons. The summed E-state index contributed by atoms with van der Waals surface area (Å²) in [4.78, 5) is 30.2. The van der Waals surface area contributed by atoms with Crippen LogP contribution in [0.2, 0.25) is 0 Å². The number of hydrogen-bond acceptors (Lipinski definition) is 5. The Balaban J connectivity index is 1.70. The van der Waals surface area contributed by atoms with Crippen molar-refractivity contribution in [2.45, 2.75) is 5.16 Å². The molecule has 0 saturated heterocycles. The van der Waals surface area contributed by atoms with E-state index < -0.39 is 21.9 Å². The SMILES string of the molecule is O=c1c2cc([N+](=O)[O-])ccc2nc([S][Sn]([c]2ccccc2)([c]2ccccc2)[c]2ccccc2)n1-c1ccccc1. The van der Waals surface area contributed by atoms with E-state index in [1.165, 1.54) is 22.9 Å². The first-order chi connectivity index (χ1) is 19.6. The number of hydrogen-bond donors (Lipinski definition) is 0. The van der Waals surface area contributed by atoms with Crippen molar-refractivity contribution in [2.75, 3.05) is 0 Å². The predicted molar refractivity (Wildman–Crippen MR) is 164 cm³/mol. The molecular formula is C32H23N3O3SSn. The first kappa shape index (κ1) is 26.0. The number of nitrogens with zero attached hydrogens (tertiary/aromatic N) is 3. The number of benzene rings is 5. The molecule has 0 fully saturated rings. The molecule has 0 aliphatic rings. The van der Waals surface area contributed by atoms with Crippen LogP contribution in [0.4, 0.5) is 5.69 Å². The average molecular weight is 648 g/mol. The molecule has 6 rings (SSSR count). The third-order valence-electron chi connectivity index (χ3n) is 6.83. The Morgan fingerprint density at radius 1 is 0.675 bits per heavy atom. The van der Waals surface area contributed by atoms with Gasteiger partial charge in [-0.1, -0.05) is 0 Å². The summed E-state index contributed by atoms with van der Waals surface area (Å²) in [5.74, 6) is 0. The van der Waals surface area contributed by atoms with Crippen LogP contribution >= 0.6 is 8.95 Å². The molecule has 0 spiro atoms. The van der Waals surface area contributed by atoms with Gasteiger partial charge in [0.05, 0.1) is 0 Å². The monoisotopic (exact) mass is 649 g/mol. The molecule has 0 N–H and O–H groups in total. The maximum atomic E-state index is 14.1. The zero-order valence-electron chi connectivity index (χ0n) is 21.3. The number of non-ortho nitro benzene ring substituents is 1. The third kappa shape index (κ3) is 4.71. The van der Waals surface area contributed by atoms with Gasteiger partial charge >= 0.3 is 239 Å². The predicted octanol–water partition coefficient (Wildman–Crippen LogP) is 5.05. The van der Waals surface area contributed by atoms with Gasteiger partial charge in [0, 0.05) is 0 Å². The maximum absolute atomic E-state index is 14.1. The summed E-state index contributed by atoms with van der Waals surface area (Å²) < 4.78 is 5.31. The second-order valence-electron chi connectivity index (χ2n) is 9.21. The second-order valence-corrected chi connectivity index (χ2v) is 24.5. The van der Waals surface area contributed by atoms with Crippen LogP contribution in [-0.2, 0) is 0 Å². The topological polar surface area (TPSA) is 78.0 Å². The van der Waals surface area contributed by atoms with Gasteiger partial charge in [-0.2, -0.15) is 0 Å². The first-order valence-corrected chi connectivity index (χ1v) is 21.3. The van der Waals surface area contributed by atoms with Gasteiger partial charge in [0.2, 0.25) is 0 Å². The van der Waals surface area contributed by atoms with Gasteiger partial charge in [-0.3, -0.25) is 0 Å². The summed E-state index contributed by atoms with van der Waals surface area (Å²) in [6.07, 6.45) is 0. The van der Waals surface area contributed by atoms with E-state index in [9.17, 15) is 14.9 Å². The Bertz CT molecular complexity index is 1770. The zero-order chi connectivity index (χ0) is 27.5. The summed E-state index contributed by atoms with van der Waals surface area (Å²) in [6.45, 7) is 0. The van der Waals surface area contributed by atoms with Crippen LogP contribution < -0.4 is 16.3 Å². The van der Waals surface area contributed by atoms with E-state index in [0.717, 1.165) is 0 Å². The van der Waals surface area contributed by atoms with Gasteiger partial charge in [-0.15, -0.1) is 0 Å².